The molecule has 0 aliphatic rings. The van der Waals surface area contributed by atoms with Crippen molar-refractivity contribution in [2.75, 3.05) is 17.7 Å². The molecule has 2 heterocycles. The number of aromatic nitrogens is 4. The van der Waals surface area contributed by atoms with E-state index in [1.807, 2.05) is 11.9 Å². The molecule has 108 valence electrons. The van der Waals surface area contributed by atoms with E-state index in [-0.39, 0.29) is 5.82 Å². The van der Waals surface area contributed by atoms with Crippen LogP contribution >= 0.6 is 11.3 Å². The number of hydrogen-bond donors (Lipinski definition) is 2. The lowest BCUT2D eigenvalue weighted by Gasteiger charge is -2.14. The first-order valence-electron chi connectivity index (χ1n) is 6.22. The second-order valence-corrected chi connectivity index (χ2v) is 5.54. The zero-order valence-electron chi connectivity index (χ0n) is 11.2. The number of halogens is 1. The smallest absolute Gasteiger partial charge is 0.210 e. The molecule has 2 aromatic heterocycles. The monoisotopic (exact) mass is 304 g/mol. The molecule has 0 amide bonds. The summed E-state index contributed by atoms with van der Waals surface area (Å²) in [7, 11) is 1.90. The molecule has 3 rings (SSSR count). The minimum absolute atomic E-state index is 0.263. The van der Waals surface area contributed by atoms with Gasteiger partial charge in [0.05, 0.1) is 11.9 Å². The van der Waals surface area contributed by atoms with Crippen molar-refractivity contribution in [3.8, 4) is 11.3 Å². The second kappa shape index (κ2) is 5.49. The molecule has 0 spiro atoms. The van der Waals surface area contributed by atoms with Crippen molar-refractivity contribution in [1.82, 2.24) is 20.4 Å². The quantitative estimate of drug-likeness (QED) is 0.772. The van der Waals surface area contributed by atoms with E-state index < -0.39 is 0 Å². The van der Waals surface area contributed by atoms with Crippen LogP contribution in [0.25, 0.3) is 11.3 Å². The fourth-order valence-corrected chi connectivity index (χ4v) is 2.57. The van der Waals surface area contributed by atoms with Gasteiger partial charge < -0.3 is 10.6 Å². The van der Waals surface area contributed by atoms with Gasteiger partial charge in [-0.3, -0.25) is 5.10 Å². The highest BCUT2D eigenvalue weighted by molar-refractivity contribution is 7.18. The maximum atomic E-state index is 13.0. The summed E-state index contributed by atoms with van der Waals surface area (Å²) in [6.07, 6.45) is 1.75. The average Bonchev–Trinajstić information content (AvgIpc) is 3.09. The van der Waals surface area contributed by atoms with Gasteiger partial charge in [0.25, 0.3) is 0 Å². The first kappa shape index (κ1) is 13.5. The Morgan fingerprint density at radius 3 is 2.71 bits per heavy atom. The molecule has 0 fully saturated rings. The summed E-state index contributed by atoms with van der Waals surface area (Å²) in [5.41, 5.74) is 8.32. The summed E-state index contributed by atoms with van der Waals surface area (Å²) in [5.74, 6) is -0.263. The van der Waals surface area contributed by atoms with Crippen LogP contribution in [0.4, 0.5) is 14.7 Å². The molecule has 3 aromatic rings. The molecule has 0 aliphatic heterocycles. The predicted molar refractivity (Wildman–Crippen MR) is 80.4 cm³/mol. The number of aromatic amines is 1. The first-order valence-corrected chi connectivity index (χ1v) is 7.03. The van der Waals surface area contributed by atoms with Crippen molar-refractivity contribution in [2.45, 2.75) is 6.54 Å². The molecule has 0 atom stereocenters. The van der Waals surface area contributed by atoms with Crippen molar-refractivity contribution < 1.29 is 4.39 Å². The molecule has 21 heavy (non-hydrogen) atoms. The molecular weight excluding hydrogens is 291 g/mol. The Bertz CT molecular complexity index is 735. The molecule has 0 bridgehead atoms. The molecule has 0 aliphatic carbocycles. The molecule has 1 aromatic carbocycles. The molecular formula is C13H13FN6S. The van der Waals surface area contributed by atoms with Crippen molar-refractivity contribution in [2.24, 2.45) is 0 Å². The van der Waals surface area contributed by atoms with Crippen LogP contribution in [0.2, 0.25) is 0 Å². The van der Waals surface area contributed by atoms with E-state index in [9.17, 15) is 4.39 Å². The minimum atomic E-state index is -0.263. The number of benzene rings is 1. The third-order valence-corrected chi connectivity index (χ3v) is 3.88. The molecule has 0 unspecified atom stereocenters. The van der Waals surface area contributed by atoms with E-state index in [2.05, 4.69) is 20.4 Å². The van der Waals surface area contributed by atoms with Gasteiger partial charge in [-0.05, 0) is 24.3 Å². The lowest BCUT2D eigenvalue weighted by molar-refractivity contribution is 0.628. The Labute approximate surface area is 124 Å². The number of rotatable bonds is 4. The van der Waals surface area contributed by atoms with Gasteiger partial charge in [0.1, 0.15) is 5.82 Å². The second-order valence-electron chi connectivity index (χ2n) is 4.56. The normalized spacial score (nSPS) is 10.8. The lowest BCUT2D eigenvalue weighted by atomic mass is 10.1. The number of H-pyrrole nitrogens is 1. The van der Waals surface area contributed by atoms with E-state index in [1.165, 1.54) is 23.5 Å². The SMILES string of the molecule is CN(Cc1cn[nH]c1-c1ccc(F)cc1)c1nnc(N)s1. The number of nitrogen functional groups attached to an aromatic ring is 1. The highest BCUT2D eigenvalue weighted by Crippen LogP contribution is 2.26. The van der Waals surface area contributed by atoms with Gasteiger partial charge in [0.15, 0.2) is 0 Å². The van der Waals surface area contributed by atoms with E-state index in [4.69, 9.17) is 5.73 Å². The average molecular weight is 304 g/mol. The van der Waals surface area contributed by atoms with E-state index >= 15 is 0 Å². The number of nitrogens with two attached hydrogens (primary N) is 1. The largest absolute Gasteiger partial charge is 0.374 e. The summed E-state index contributed by atoms with van der Waals surface area (Å²) in [5, 5.41) is 16.0. The zero-order valence-corrected chi connectivity index (χ0v) is 12.1. The van der Waals surface area contributed by atoms with Crippen LogP contribution in [-0.2, 0) is 6.54 Å². The highest BCUT2D eigenvalue weighted by atomic mass is 32.1. The fourth-order valence-electron chi connectivity index (χ4n) is 2.00. The van der Waals surface area contributed by atoms with Gasteiger partial charge in [-0.25, -0.2) is 4.39 Å². The van der Waals surface area contributed by atoms with Gasteiger partial charge in [-0.1, -0.05) is 11.3 Å². The van der Waals surface area contributed by atoms with Crippen LogP contribution < -0.4 is 10.6 Å². The Balaban J connectivity index is 1.84. The molecule has 0 saturated heterocycles. The van der Waals surface area contributed by atoms with Gasteiger partial charge in [-0.15, -0.1) is 10.2 Å². The van der Waals surface area contributed by atoms with E-state index in [0.29, 0.717) is 11.7 Å². The van der Waals surface area contributed by atoms with Gasteiger partial charge in [0, 0.05) is 24.7 Å². The van der Waals surface area contributed by atoms with Crippen molar-refractivity contribution >= 4 is 21.6 Å². The fraction of sp³-hybridized carbons (Fsp3) is 0.154. The Kier molecular flexibility index (Phi) is 3.53. The summed E-state index contributed by atoms with van der Waals surface area (Å²) in [4.78, 5) is 1.94. The number of anilines is 2. The minimum Gasteiger partial charge on any atom is -0.374 e. The summed E-state index contributed by atoms with van der Waals surface area (Å²) >= 11 is 1.32. The predicted octanol–water partition coefficient (Wildman–Crippen LogP) is 2.29. The number of hydrogen-bond acceptors (Lipinski definition) is 6. The zero-order chi connectivity index (χ0) is 14.8. The Morgan fingerprint density at radius 1 is 1.29 bits per heavy atom. The Morgan fingerprint density at radius 2 is 2.05 bits per heavy atom. The molecule has 0 saturated carbocycles. The topological polar surface area (TPSA) is 83.7 Å². The van der Waals surface area contributed by atoms with E-state index in [0.717, 1.165) is 22.0 Å². The van der Waals surface area contributed by atoms with Gasteiger partial charge in [-0.2, -0.15) is 5.10 Å². The number of nitrogens with one attached hydrogen (secondary N) is 1. The van der Waals surface area contributed by atoms with Crippen LogP contribution in [0.1, 0.15) is 5.56 Å². The summed E-state index contributed by atoms with van der Waals surface area (Å²) < 4.78 is 13.0. The van der Waals surface area contributed by atoms with Crippen molar-refractivity contribution in [3.05, 3.63) is 41.8 Å². The number of nitrogens with zero attached hydrogens (tertiary/aromatic N) is 4. The summed E-state index contributed by atoms with van der Waals surface area (Å²) in [6.45, 7) is 0.595. The van der Waals surface area contributed by atoms with Crippen LogP contribution in [0.3, 0.4) is 0 Å². The standard InChI is InChI=1S/C13H13FN6S/c1-20(13-19-18-12(15)21-13)7-9-6-16-17-11(9)8-2-4-10(14)5-3-8/h2-6H,7H2,1H3,(H2,15,18)(H,16,17). The van der Waals surface area contributed by atoms with Crippen LogP contribution in [0.15, 0.2) is 30.5 Å². The molecule has 0 radical (unpaired) electrons. The first-order chi connectivity index (χ1) is 10.1. The lowest BCUT2D eigenvalue weighted by Crippen LogP contribution is -2.16. The Hall–Kier alpha value is -2.48. The third-order valence-electron chi connectivity index (χ3n) is 3.01. The van der Waals surface area contributed by atoms with Crippen molar-refractivity contribution in [3.63, 3.8) is 0 Å². The van der Waals surface area contributed by atoms with Crippen LogP contribution in [0, 0.1) is 5.82 Å². The van der Waals surface area contributed by atoms with E-state index in [1.54, 1.807) is 18.3 Å². The molecule has 8 heteroatoms. The van der Waals surface area contributed by atoms with Crippen LogP contribution in [-0.4, -0.2) is 27.4 Å². The maximum Gasteiger partial charge on any atom is 0.210 e. The highest BCUT2D eigenvalue weighted by Gasteiger charge is 2.13. The molecule has 3 N–H and O–H groups in total. The van der Waals surface area contributed by atoms with Crippen molar-refractivity contribution in [1.29, 1.82) is 0 Å². The maximum absolute atomic E-state index is 13.0. The third kappa shape index (κ3) is 2.84. The van der Waals surface area contributed by atoms with Crippen LogP contribution in [0.5, 0.6) is 0 Å². The molecule has 6 nitrogen and oxygen atoms in total. The van der Waals surface area contributed by atoms with Gasteiger partial charge >= 0.3 is 0 Å². The van der Waals surface area contributed by atoms with Gasteiger partial charge in [0.2, 0.25) is 10.3 Å². The summed E-state index contributed by atoms with van der Waals surface area (Å²) in [6, 6.07) is 6.29.